The molecule has 3 nitrogen and oxygen atoms in total. The van der Waals surface area contributed by atoms with Crippen molar-refractivity contribution in [2.24, 2.45) is 0 Å². The van der Waals surface area contributed by atoms with Crippen LogP contribution in [0.15, 0.2) is 35.2 Å². The van der Waals surface area contributed by atoms with Crippen LogP contribution in [0.4, 0.5) is 0 Å². The Morgan fingerprint density at radius 2 is 2.06 bits per heavy atom. The van der Waals surface area contributed by atoms with Gasteiger partial charge in [-0.25, -0.2) is 8.42 Å². The molecule has 0 aliphatic carbocycles. The van der Waals surface area contributed by atoms with Crippen LogP contribution in [0, 0.1) is 0 Å². The molecule has 17 heavy (non-hydrogen) atoms. The Bertz CT molecular complexity index is 487. The molecule has 1 aromatic carbocycles. The summed E-state index contributed by atoms with van der Waals surface area (Å²) in [5, 5.41) is 8.24. The zero-order valence-electron chi connectivity index (χ0n) is 10.1. The maximum atomic E-state index is 12.0. The fourth-order valence-electron chi connectivity index (χ4n) is 1.36. The van der Waals surface area contributed by atoms with Gasteiger partial charge < -0.3 is 5.11 Å². The van der Waals surface area contributed by atoms with E-state index in [9.17, 15) is 8.42 Å². The SMILES string of the molecule is CC(C)S(=O)(=O)c1cccc(C=CCCO)c1. The van der Waals surface area contributed by atoms with Crippen LogP contribution in [0.25, 0.3) is 6.08 Å². The minimum atomic E-state index is -3.21. The fourth-order valence-corrected chi connectivity index (χ4v) is 2.47. The maximum absolute atomic E-state index is 12.0. The summed E-state index contributed by atoms with van der Waals surface area (Å²) < 4.78 is 23.9. The molecular formula is C13H18O3S. The Labute approximate surface area is 103 Å². The number of benzene rings is 1. The molecule has 0 atom stereocenters. The highest BCUT2D eigenvalue weighted by atomic mass is 32.2. The van der Waals surface area contributed by atoms with Gasteiger partial charge in [0.2, 0.25) is 0 Å². The number of aliphatic hydroxyl groups is 1. The molecule has 0 saturated heterocycles. The van der Waals surface area contributed by atoms with Crippen molar-refractivity contribution in [3.8, 4) is 0 Å². The van der Waals surface area contributed by atoms with E-state index in [1.165, 1.54) is 0 Å². The monoisotopic (exact) mass is 254 g/mol. The summed E-state index contributed by atoms with van der Waals surface area (Å²) in [6, 6.07) is 6.84. The molecule has 0 aromatic heterocycles. The highest BCUT2D eigenvalue weighted by Gasteiger charge is 2.18. The van der Waals surface area contributed by atoms with Gasteiger partial charge in [-0.2, -0.15) is 0 Å². The summed E-state index contributed by atoms with van der Waals surface area (Å²) in [6.45, 7) is 3.44. The number of aliphatic hydroxyl groups excluding tert-OH is 1. The second kappa shape index (κ2) is 5.98. The van der Waals surface area contributed by atoms with E-state index in [0.29, 0.717) is 11.3 Å². The van der Waals surface area contributed by atoms with Gasteiger partial charge in [0, 0.05) is 6.61 Å². The predicted molar refractivity (Wildman–Crippen MR) is 69.5 cm³/mol. The van der Waals surface area contributed by atoms with Crippen LogP contribution < -0.4 is 0 Å². The Kier molecular flexibility index (Phi) is 4.90. The summed E-state index contributed by atoms with van der Waals surface area (Å²) in [5.41, 5.74) is 0.833. The second-order valence-electron chi connectivity index (χ2n) is 4.08. The highest BCUT2D eigenvalue weighted by molar-refractivity contribution is 7.92. The van der Waals surface area contributed by atoms with E-state index in [0.717, 1.165) is 5.56 Å². The maximum Gasteiger partial charge on any atom is 0.180 e. The number of hydrogen-bond donors (Lipinski definition) is 1. The first-order valence-electron chi connectivity index (χ1n) is 5.60. The van der Waals surface area contributed by atoms with E-state index in [2.05, 4.69) is 0 Å². The minimum absolute atomic E-state index is 0.0977. The van der Waals surface area contributed by atoms with Crippen molar-refractivity contribution in [3.05, 3.63) is 35.9 Å². The summed E-state index contributed by atoms with van der Waals surface area (Å²) in [6.07, 6.45) is 4.21. The molecule has 0 radical (unpaired) electrons. The van der Waals surface area contributed by atoms with Crippen molar-refractivity contribution in [1.82, 2.24) is 0 Å². The van der Waals surface area contributed by atoms with Gasteiger partial charge in [0.1, 0.15) is 0 Å². The van der Waals surface area contributed by atoms with E-state index < -0.39 is 15.1 Å². The van der Waals surface area contributed by atoms with Gasteiger partial charge in [-0.3, -0.25) is 0 Å². The molecule has 0 bridgehead atoms. The van der Waals surface area contributed by atoms with E-state index in [1.54, 1.807) is 32.0 Å². The second-order valence-corrected chi connectivity index (χ2v) is 6.59. The van der Waals surface area contributed by atoms with E-state index in [1.807, 2.05) is 18.2 Å². The van der Waals surface area contributed by atoms with Crippen LogP contribution in [0.2, 0.25) is 0 Å². The van der Waals surface area contributed by atoms with Gasteiger partial charge in [0.15, 0.2) is 9.84 Å². The van der Waals surface area contributed by atoms with Crippen LogP contribution in [0.3, 0.4) is 0 Å². The van der Waals surface area contributed by atoms with Gasteiger partial charge in [0.05, 0.1) is 10.1 Å². The third-order valence-electron chi connectivity index (χ3n) is 2.41. The quantitative estimate of drug-likeness (QED) is 0.877. The first-order valence-corrected chi connectivity index (χ1v) is 7.14. The third-order valence-corrected chi connectivity index (χ3v) is 4.57. The molecule has 0 spiro atoms. The van der Waals surface area contributed by atoms with Crippen molar-refractivity contribution < 1.29 is 13.5 Å². The average molecular weight is 254 g/mol. The topological polar surface area (TPSA) is 54.4 Å². The lowest BCUT2D eigenvalue weighted by atomic mass is 10.2. The van der Waals surface area contributed by atoms with Crippen LogP contribution in [0.5, 0.6) is 0 Å². The molecule has 0 unspecified atom stereocenters. The standard InChI is InChI=1S/C13H18O3S/c1-11(2)17(15,16)13-8-5-7-12(10-13)6-3-4-9-14/h3,5-8,10-11,14H,4,9H2,1-2H3. The first kappa shape index (κ1) is 13.9. The van der Waals surface area contributed by atoms with Crippen LogP contribution in [-0.4, -0.2) is 25.4 Å². The first-order chi connectivity index (χ1) is 7.98. The summed E-state index contributed by atoms with van der Waals surface area (Å²) in [7, 11) is -3.21. The largest absolute Gasteiger partial charge is 0.396 e. The molecule has 0 aliphatic rings. The van der Waals surface area contributed by atoms with Gasteiger partial charge in [-0.15, -0.1) is 0 Å². The molecule has 0 fully saturated rings. The van der Waals surface area contributed by atoms with E-state index in [4.69, 9.17) is 5.11 Å². The number of sulfone groups is 1. The average Bonchev–Trinajstić information content (AvgIpc) is 2.29. The molecule has 94 valence electrons. The van der Waals surface area contributed by atoms with Gasteiger partial charge in [-0.1, -0.05) is 24.3 Å². The number of hydrogen-bond acceptors (Lipinski definition) is 3. The molecule has 1 rings (SSSR count). The molecule has 1 N–H and O–H groups in total. The Balaban J connectivity index is 3.02. The molecule has 1 aromatic rings. The Hall–Kier alpha value is -1.13. The lowest BCUT2D eigenvalue weighted by molar-refractivity contribution is 0.303. The molecule has 0 heterocycles. The molecular weight excluding hydrogens is 236 g/mol. The lowest BCUT2D eigenvalue weighted by Gasteiger charge is -2.08. The van der Waals surface area contributed by atoms with Crippen LogP contribution in [-0.2, 0) is 9.84 Å². The van der Waals surface area contributed by atoms with E-state index in [-0.39, 0.29) is 6.61 Å². The van der Waals surface area contributed by atoms with Gasteiger partial charge in [-0.05, 0) is 38.0 Å². The van der Waals surface area contributed by atoms with Crippen LogP contribution >= 0.6 is 0 Å². The third kappa shape index (κ3) is 3.68. The molecule has 0 amide bonds. The highest BCUT2D eigenvalue weighted by Crippen LogP contribution is 2.17. The van der Waals surface area contributed by atoms with Crippen LogP contribution in [0.1, 0.15) is 25.8 Å². The summed E-state index contributed by atoms with van der Waals surface area (Å²) in [5.74, 6) is 0. The Morgan fingerprint density at radius 3 is 2.65 bits per heavy atom. The lowest BCUT2D eigenvalue weighted by Crippen LogP contribution is -2.13. The normalized spacial score (nSPS) is 12.5. The Morgan fingerprint density at radius 1 is 1.35 bits per heavy atom. The summed E-state index contributed by atoms with van der Waals surface area (Å²) in [4.78, 5) is 0.346. The molecule has 0 aliphatic heterocycles. The predicted octanol–water partition coefficient (Wildman–Crippen LogP) is 2.26. The van der Waals surface area contributed by atoms with E-state index >= 15 is 0 Å². The minimum Gasteiger partial charge on any atom is -0.396 e. The van der Waals surface area contributed by atoms with Gasteiger partial charge in [0.25, 0.3) is 0 Å². The summed E-state index contributed by atoms with van der Waals surface area (Å²) >= 11 is 0. The van der Waals surface area contributed by atoms with Crippen molar-refractivity contribution >= 4 is 15.9 Å². The number of rotatable bonds is 5. The van der Waals surface area contributed by atoms with Crippen molar-refractivity contribution in [2.75, 3.05) is 6.61 Å². The smallest absolute Gasteiger partial charge is 0.180 e. The van der Waals surface area contributed by atoms with Gasteiger partial charge >= 0.3 is 0 Å². The molecule has 0 saturated carbocycles. The van der Waals surface area contributed by atoms with Crippen molar-refractivity contribution in [2.45, 2.75) is 30.4 Å². The zero-order chi connectivity index (χ0) is 12.9. The van der Waals surface area contributed by atoms with Crippen molar-refractivity contribution in [1.29, 1.82) is 0 Å². The zero-order valence-corrected chi connectivity index (χ0v) is 10.9. The fraction of sp³-hybridized carbons (Fsp3) is 0.385. The molecule has 4 heteroatoms. The van der Waals surface area contributed by atoms with Crippen molar-refractivity contribution in [3.63, 3.8) is 0 Å².